The van der Waals surface area contributed by atoms with E-state index >= 15 is 0 Å². The molecule has 0 bridgehead atoms. The zero-order valence-corrected chi connectivity index (χ0v) is 27.0. The van der Waals surface area contributed by atoms with Crippen LogP contribution < -0.4 is 9.47 Å². The molecule has 14 heteroatoms. The van der Waals surface area contributed by atoms with Gasteiger partial charge in [-0.05, 0) is 30.3 Å². The molecule has 0 aromatic heterocycles. The fourth-order valence-electron chi connectivity index (χ4n) is 4.86. The summed E-state index contributed by atoms with van der Waals surface area (Å²) < 4.78 is 44.8. The maximum absolute atomic E-state index is 13.0. The average Bonchev–Trinajstić information content (AvgIpc) is 3.05. The third-order valence-corrected chi connectivity index (χ3v) is 6.82. The average molecular weight is 679 g/mol. The summed E-state index contributed by atoms with van der Waals surface area (Å²) in [6, 6.07) is 20.5. The van der Waals surface area contributed by atoms with Gasteiger partial charge in [-0.1, -0.05) is 48.5 Å². The van der Waals surface area contributed by atoms with Gasteiger partial charge in [-0.25, -0.2) is 9.59 Å². The summed E-state index contributed by atoms with van der Waals surface area (Å²) in [6.45, 7) is 3.72. The Morgan fingerprint density at radius 2 is 1.16 bits per heavy atom. The molecule has 258 valence electrons. The standard InChI is InChI=1S/C35H34O14/c1-20(36)44-28-17-11-9-15-26(28)34(41)42-18-25-14-8-10-16-27(25)48-35-32(47-23(4)39)31(46-22(3)38)30(45-21(2)37)29(49-35)19-43-33(40)24-12-6-5-7-13-24/h5-17,29-32,35H,18-19H2,1-4H3. The van der Waals surface area contributed by atoms with Crippen molar-refractivity contribution in [1.29, 1.82) is 0 Å². The van der Waals surface area contributed by atoms with E-state index in [2.05, 4.69) is 0 Å². The predicted octanol–water partition coefficient (Wildman–Crippen LogP) is 3.72. The zero-order chi connectivity index (χ0) is 35.5. The van der Waals surface area contributed by atoms with Gasteiger partial charge in [0.15, 0.2) is 12.2 Å². The molecule has 1 saturated heterocycles. The second-order valence-electron chi connectivity index (χ2n) is 10.6. The van der Waals surface area contributed by atoms with Crippen molar-refractivity contribution in [1.82, 2.24) is 0 Å². The highest BCUT2D eigenvalue weighted by molar-refractivity contribution is 5.93. The quantitative estimate of drug-likeness (QED) is 0.154. The van der Waals surface area contributed by atoms with Gasteiger partial charge in [-0.15, -0.1) is 0 Å². The van der Waals surface area contributed by atoms with Crippen molar-refractivity contribution in [3.8, 4) is 11.5 Å². The van der Waals surface area contributed by atoms with E-state index in [1.165, 1.54) is 37.3 Å². The maximum Gasteiger partial charge on any atom is 0.342 e. The Kier molecular flexibility index (Phi) is 12.4. The first kappa shape index (κ1) is 36.1. The van der Waals surface area contributed by atoms with Gasteiger partial charge in [-0.3, -0.25) is 19.2 Å². The number of carbonyl (C=O) groups is 6. The molecule has 3 aromatic carbocycles. The number of rotatable bonds is 12. The van der Waals surface area contributed by atoms with Crippen LogP contribution in [0.2, 0.25) is 0 Å². The highest BCUT2D eigenvalue weighted by Crippen LogP contribution is 2.32. The number of hydrogen-bond acceptors (Lipinski definition) is 14. The summed E-state index contributed by atoms with van der Waals surface area (Å²) >= 11 is 0. The van der Waals surface area contributed by atoms with Gasteiger partial charge in [0.2, 0.25) is 12.4 Å². The number of hydrogen-bond donors (Lipinski definition) is 0. The van der Waals surface area contributed by atoms with E-state index in [1.54, 1.807) is 48.5 Å². The second-order valence-corrected chi connectivity index (χ2v) is 10.6. The Morgan fingerprint density at radius 1 is 0.592 bits per heavy atom. The van der Waals surface area contributed by atoms with E-state index in [-0.39, 0.29) is 29.2 Å². The van der Waals surface area contributed by atoms with E-state index in [0.717, 1.165) is 20.8 Å². The molecule has 4 rings (SSSR count). The van der Waals surface area contributed by atoms with Crippen molar-refractivity contribution in [2.75, 3.05) is 6.61 Å². The molecule has 49 heavy (non-hydrogen) atoms. The smallest absolute Gasteiger partial charge is 0.342 e. The molecule has 5 unspecified atom stereocenters. The van der Waals surface area contributed by atoms with Gasteiger partial charge in [0.05, 0.1) is 5.56 Å². The highest BCUT2D eigenvalue weighted by atomic mass is 16.7. The third-order valence-electron chi connectivity index (χ3n) is 6.82. The Labute approximate surface area is 281 Å². The topological polar surface area (TPSA) is 176 Å². The molecule has 0 aliphatic carbocycles. The summed E-state index contributed by atoms with van der Waals surface area (Å²) in [5.74, 6) is -4.39. The maximum atomic E-state index is 13.0. The van der Waals surface area contributed by atoms with Crippen LogP contribution in [-0.4, -0.2) is 73.1 Å². The molecule has 0 spiro atoms. The van der Waals surface area contributed by atoms with Gasteiger partial charge >= 0.3 is 35.8 Å². The van der Waals surface area contributed by atoms with Crippen molar-refractivity contribution in [2.45, 2.75) is 65.0 Å². The number of carbonyl (C=O) groups excluding carboxylic acids is 6. The van der Waals surface area contributed by atoms with E-state index < -0.39 is 73.1 Å². The Balaban J connectivity index is 1.62. The van der Waals surface area contributed by atoms with Crippen molar-refractivity contribution in [3.63, 3.8) is 0 Å². The van der Waals surface area contributed by atoms with Crippen LogP contribution in [0.3, 0.4) is 0 Å². The van der Waals surface area contributed by atoms with E-state index in [4.69, 9.17) is 37.9 Å². The van der Waals surface area contributed by atoms with Crippen LogP contribution in [0.4, 0.5) is 0 Å². The molecule has 0 radical (unpaired) electrons. The van der Waals surface area contributed by atoms with Crippen molar-refractivity contribution >= 4 is 35.8 Å². The molecule has 14 nitrogen and oxygen atoms in total. The lowest BCUT2D eigenvalue weighted by molar-refractivity contribution is -0.287. The predicted molar refractivity (Wildman–Crippen MR) is 166 cm³/mol. The van der Waals surface area contributed by atoms with Crippen LogP contribution in [0.25, 0.3) is 0 Å². The minimum atomic E-state index is -1.53. The van der Waals surface area contributed by atoms with Gasteiger partial charge in [0.25, 0.3) is 0 Å². The molecule has 1 heterocycles. The van der Waals surface area contributed by atoms with Crippen LogP contribution >= 0.6 is 0 Å². The summed E-state index contributed by atoms with van der Waals surface area (Å²) in [5, 5.41) is 0. The Bertz CT molecular complexity index is 1670. The zero-order valence-electron chi connectivity index (χ0n) is 27.0. The molecular weight excluding hydrogens is 644 g/mol. The normalized spacial score (nSPS) is 19.8. The van der Waals surface area contributed by atoms with Gasteiger partial charge in [0, 0.05) is 33.3 Å². The summed E-state index contributed by atoms with van der Waals surface area (Å²) in [7, 11) is 0. The Morgan fingerprint density at radius 3 is 1.82 bits per heavy atom. The number of esters is 6. The van der Waals surface area contributed by atoms with Gasteiger partial charge < -0.3 is 37.9 Å². The molecule has 1 aliphatic rings. The number of para-hydroxylation sites is 2. The SMILES string of the molecule is CC(=O)Oc1ccccc1C(=O)OCc1ccccc1OC1OC(COC(=O)c2ccccc2)C(OC(C)=O)C(OC(C)=O)C1OC(C)=O. The molecule has 3 aromatic rings. The molecule has 1 aliphatic heterocycles. The fraction of sp³-hybridized carbons (Fsp3) is 0.314. The molecule has 0 amide bonds. The largest absolute Gasteiger partial charge is 0.460 e. The fourth-order valence-corrected chi connectivity index (χ4v) is 4.86. The Hall–Kier alpha value is -5.76. The molecule has 1 fully saturated rings. The van der Waals surface area contributed by atoms with Crippen LogP contribution in [-0.2, 0) is 54.2 Å². The van der Waals surface area contributed by atoms with E-state index in [9.17, 15) is 28.8 Å². The lowest BCUT2D eigenvalue weighted by Gasteiger charge is -2.44. The first-order valence-electron chi connectivity index (χ1n) is 15.0. The van der Waals surface area contributed by atoms with Crippen molar-refractivity contribution < 1.29 is 66.7 Å². The first-order valence-corrected chi connectivity index (χ1v) is 15.0. The lowest BCUT2D eigenvalue weighted by atomic mass is 9.98. The summed E-state index contributed by atoms with van der Waals surface area (Å²) in [5.41, 5.74) is 0.586. The molecule has 0 N–H and O–H groups in total. The summed E-state index contributed by atoms with van der Waals surface area (Å²) in [6.07, 6.45) is -7.16. The van der Waals surface area contributed by atoms with E-state index in [0.29, 0.717) is 5.56 Å². The van der Waals surface area contributed by atoms with Gasteiger partial charge in [0.1, 0.15) is 36.4 Å². The summed E-state index contributed by atoms with van der Waals surface area (Å²) in [4.78, 5) is 73.9. The molecular formula is C35H34O14. The minimum Gasteiger partial charge on any atom is -0.460 e. The van der Waals surface area contributed by atoms with Crippen LogP contribution in [0.15, 0.2) is 78.9 Å². The highest BCUT2D eigenvalue weighted by Gasteiger charge is 2.53. The minimum absolute atomic E-state index is 0.00950. The first-order chi connectivity index (χ1) is 23.4. The third kappa shape index (κ3) is 10.1. The second kappa shape index (κ2) is 16.9. The van der Waals surface area contributed by atoms with Crippen LogP contribution in [0.1, 0.15) is 54.0 Å². The molecule has 0 saturated carbocycles. The van der Waals surface area contributed by atoms with Crippen molar-refractivity contribution in [2.24, 2.45) is 0 Å². The number of benzene rings is 3. The number of ether oxygens (including phenoxy) is 8. The molecule has 5 atom stereocenters. The van der Waals surface area contributed by atoms with Gasteiger partial charge in [-0.2, -0.15) is 0 Å². The van der Waals surface area contributed by atoms with Crippen LogP contribution in [0.5, 0.6) is 11.5 Å². The van der Waals surface area contributed by atoms with E-state index in [1.807, 2.05) is 0 Å². The lowest BCUT2D eigenvalue weighted by Crippen LogP contribution is -2.63. The monoisotopic (exact) mass is 678 g/mol. The van der Waals surface area contributed by atoms with Crippen molar-refractivity contribution in [3.05, 3.63) is 95.6 Å². The van der Waals surface area contributed by atoms with Crippen LogP contribution in [0, 0.1) is 0 Å².